The molecule has 1 aromatic carbocycles. The molecule has 0 heterocycles. The minimum atomic E-state index is -0.287. The maximum atomic E-state index is 11.5. The van der Waals surface area contributed by atoms with E-state index >= 15 is 0 Å². The van der Waals surface area contributed by atoms with Gasteiger partial charge >= 0.3 is 5.97 Å². The van der Waals surface area contributed by atoms with Crippen molar-refractivity contribution < 1.29 is 19.1 Å². The van der Waals surface area contributed by atoms with E-state index in [1.165, 1.54) is 0 Å². The van der Waals surface area contributed by atoms with Crippen LogP contribution < -0.4 is 10.1 Å². The average Bonchev–Trinajstić information content (AvgIpc) is 3.27. The number of hydrogen-bond donors (Lipinski definition) is 1. The number of methoxy groups -OCH3 is 1. The Balaban J connectivity index is 1.68. The molecule has 5 heteroatoms. The zero-order valence-corrected chi connectivity index (χ0v) is 10.8. The lowest BCUT2D eigenvalue weighted by Gasteiger charge is -2.07. The van der Waals surface area contributed by atoms with Crippen molar-refractivity contribution in [1.29, 1.82) is 0 Å². The summed E-state index contributed by atoms with van der Waals surface area (Å²) in [6.45, 7) is 0.204. The molecular weight excluding hydrogens is 246 g/mol. The maximum Gasteiger partial charge on any atom is 0.309 e. The van der Waals surface area contributed by atoms with Crippen molar-refractivity contribution >= 4 is 11.9 Å². The SMILES string of the molecule is COc1ccc(CNC(=O)COC(=O)C2CC2)cc1. The number of carbonyl (C=O) groups excluding carboxylic acids is 2. The quantitative estimate of drug-likeness (QED) is 0.785. The smallest absolute Gasteiger partial charge is 0.309 e. The van der Waals surface area contributed by atoms with Crippen LogP contribution in [0.15, 0.2) is 24.3 Å². The molecule has 0 radical (unpaired) electrons. The number of carbonyl (C=O) groups is 2. The van der Waals surface area contributed by atoms with E-state index in [1.54, 1.807) is 7.11 Å². The normalized spacial score (nSPS) is 13.7. The lowest BCUT2D eigenvalue weighted by molar-refractivity contribution is -0.149. The largest absolute Gasteiger partial charge is 0.497 e. The minimum Gasteiger partial charge on any atom is -0.497 e. The summed E-state index contributed by atoms with van der Waals surface area (Å²) in [4.78, 5) is 22.7. The molecule has 0 aromatic heterocycles. The number of benzene rings is 1. The van der Waals surface area contributed by atoms with Gasteiger partial charge in [-0.25, -0.2) is 0 Å². The van der Waals surface area contributed by atoms with Crippen LogP contribution in [0.3, 0.4) is 0 Å². The summed E-state index contributed by atoms with van der Waals surface area (Å²) in [6, 6.07) is 7.40. The first-order valence-corrected chi connectivity index (χ1v) is 6.25. The van der Waals surface area contributed by atoms with Crippen LogP contribution in [0.1, 0.15) is 18.4 Å². The monoisotopic (exact) mass is 263 g/mol. The van der Waals surface area contributed by atoms with Gasteiger partial charge in [0.05, 0.1) is 13.0 Å². The first-order chi connectivity index (χ1) is 9.19. The van der Waals surface area contributed by atoms with E-state index in [0.29, 0.717) is 6.54 Å². The topological polar surface area (TPSA) is 64.6 Å². The summed E-state index contributed by atoms with van der Waals surface area (Å²) in [6.07, 6.45) is 1.76. The van der Waals surface area contributed by atoms with Crippen molar-refractivity contribution in [3.8, 4) is 5.75 Å². The predicted octanol–water partition coefficient (Wildman–Crippen LogP) is 1.26. The molecule has 1 aromatic rings. The standard InChI is InChI=1S/C14H17NO4/c1-18-12-6-2-10(3-7-12)8-15-13(16)9-19-14(17)11-4-5-11/h2-3,6-7,11H,4-5,8-9H2,1H3,(H,15,16). The molecule has 1 N–H and O–H groups in total. The van der Waals surface area contributed by atoms with Gasteiger partial charge < -0.3 is 14.8 Å². The first kappa shape index (κ1) is 13.4. The highest BCUT2D eigenvalue weighted by molar-refractivity contribution is 5.82. The molecule has 0 aliphatic heterocycles. The Labute approximate surface area is 111 Å². The first-order valence-electron chi connectivity index (χ1n) is 6.25. The number of rotatable bonds is 6. The van der Waals surface area contributed by atoms with Crippen LogP contribution in [0.5, 0.6) is 5.75 Å². The van der Waals surface area contributed by atoms with Crippen LogP contribution in [0.4, 0.5) is 0 Å². The van der Waals surface area contributed by atoms with Crippen LogP contribution in [0.2, 0.25) is 0 Å². The number of amides is 1. The van der Waals surface area contributed by atoms with Crippen LogP contribution in [0, 0.1) is 5.92 Å². The minimum absolute atomic E-state index is 0.0226. The van der Waals surface area contributed by atoms with Crippen molar-refractivity contribution in [3.05, 3.63) is 29.8 Å². The Kier molecular flexibility index (Phi) is 4.39. The molecule has 0 unspecified atom stereocenters. The van der Waals surface area contributed by atoms with Crippen molar-refractivity contribution in [1.82, 2.24) is 5.32 Å². The van der Waals surface area contributed by atoms with E-state index in [0.717, 1.165) is 24.2 Å². The third-order valence-corrected chi connectivity index (χ3v) is 2.90. The van der Waals surface area contributed by atoms with Crippen LogP contribution in [0.25, 0.3) is 0 Å². The summed E-state index contributed by atoms with van der Waals surface area (Å²) >= 11 is 0. The summed E-state index contributed by atoms with van der Waals surface area (Å²) in [7, 11) is 1.60. The average molecular weight is 263 g/mol. The van der Waals surface area contributed by atoms with Gasteiger partial charge in [-0.1, -0.05) is 12.1 Å². The van der Waals surface area contributed by atoms with Gasteiger partial charge in [0, 0.05) is 6.54 Å². The van der Waals surface area contributed by atoms with E-state index < -0.39 is 0 Å². The van der Waals surface area contributed by atoms with E-state index in [1.807, 2.05) is 24.3 Å². The molecule has 1 aliphatic rings. The molecular formula is C14H17NO4. The van der Waals surface area contributed by atoms with Gasteiger partial charge in [-0.3, -0.25) is 9.59 Å². The number of hydrogen-bond acceptors (Lipinski definition) is 4. The molecule has 0 saturated heterocycles. The number of ether oxygens (including phenoxy) is 2. The Bertz CT molecular complexity index is 451. The van der Waals surface area contributed by atoms with Gasteiger partial charge in [-0.2, -0.15) is 0 Å². The fraction of sp³-hybridized carbons (Fsp3) is 0.429. The van der Waals surface area contributed by atoms with Crippen LogP contribution in [-0.2, 0) is 20.9 Å². The fourth-order valence-corrected chi connectivity index (χ4v) is 1.57. The molecule has 1 aliphatic carbocycles. The molecule has 19 heavy (non-hydrogen) atoms. The second kappa shape index (κ2) is 6.22. The molecule has 1 saturated carbocycles. The molecule has 5 nitrogen and oxygen atoms in total. The van der Waals surface area contributed by atoms with Crippen molar-refractivity contribution in [2.24, 2.45) is 5.92 Å². The Morgan fingerprint density at radius 1 is 1.26 bits per heavy atom. The molecule has 0 spiro atoms. The van der Waals surface area contributed by atoms with Crippen molar-refractivity contribution in [2.45, 2.75) is 19.4 Å². The van der Waals surface area contributed by atoms with E-state index in [4.69, 9.17) is 9.47 Å². The Hall–Kier alpha value is -2.04. The van der Waals surface area contributed by atoms with Gasteiger partial charge in [0.1, 0.15) is 5.75 Å². The summed E-state index contributed by atoms with van der Waals surface area (Å²) in [5.41, 5.74) is 0.961. The molecule has 0 bridgehead atoms. The van der Waals surface area contributed by atoms with Crippen molar-refractivity contribution in [2.75, 3.05) is 13.7 Å². The van der Waals surface area contributed by atoms with E-state index in [-0.39, 0.29) is 24.4 Å². The van der Waals surface area contributed by atoms with E-state index in [2.05, 4.69) is 5.32 Å². The third kappa shape index (κ3) is 4.28. The maximum absolute atomic E-state index is 11.5. The van der Waals surface area contributed by atoms with E-state index in [9.17, 15) is 9.59 Å². The Morgan fingerprint density at radius 3 is 2.53 bits per heavy atom. The summed E-state index contributed by atoms with van der Waals surface area (Å²) in [5.74, 6) is 0.243. The fourth-order valence-electron chi connectivity index (χ4n) is 1.57. The van der Waals surface area contributed by atoms with Gasteiger partial charge in [0.15, 0.2) is 6.61 Å². The molecule has 1 amide bonds. The second-order valence-corrected chi connectivity index (χ2v) is 4.51. The number of nitrogens with one attached hydrogen (secondary N) is 1. The van der Waals surface area contributed by atoms with Crippen molar-refractivity contribution in [3.63, 3.8) is 0 Å². The summed E-state index contributed by atoms with van der Waals surface area (Å²) in [5, 5.41) is 2.69. The van der Waals surface area contributed by atoms with Gasteiger partial charge in [-0.15, -0.1) is 0 Å². The molecule has 1 fully saturated rings. The highest BCUT2D eigenvalue weighted by Crippen LogP contribution is 2.29. The van der Waals surface area contributed by atoms with Crippen LogP contribution >= 0.6 is 0 Å². The predicted molar refractivity (Wildman–Crippen MR) is 68.5 cm³/mol. The molecule has 0 atom stereocenters. The van der Waals surface area contributed by atoms with Gasteiger partial charge in [0.25, 0.3) is 5.91 Å². The highest BCUT2D eigenvalue weighted by atomic mass is 16.5. The summed E-state index contributed by atoms with van der Waals surface area (Å²) < 4.78 is 9.92. The van der Waals surface area contributed by atoms with Gasteiger partial charge in [-0.05, 0) is 30.5 Å². The molecule has 102 valence electrons. The van der Waals surface area contributed by atoms with Gasteiger partial charge in [0.2, 0.25) is 0 Å². The zero-order chi connectivity index (χ0) is 13.7. The second-order valence-electron chi connectivity index (χ2n) is 4.51. The number of esters is 1. The lowest BCUT2D eigenvalue weighted by Crippen LogP contribution is -2.28. The zero-order valence-electron chi connectivity index (χ0n) is 10.8. The lowest BCUT2D eigenvalue weighted by atomic mass is 10.2. The Morgan fingerprint density at radius 2 is 1.95 bits per heavy atom. The molecule has 2 rings (SSSR count). The third-order valence-electron chi connectivity index (χ3n) is 2.90. The highest BCUT2D eigenvalue weighted by Gasteiger charge is 2.31. The van der Waals surface area contributed by atoms with Crippen LogP contribution in [-0.4, -0.2) is 25.6 Å².